The molecule has 0 bridgehead atoms. The third-order valence-electron chi connectivity index (χ3n) is 4.62. The van der Waals surface area contributed by atoms with Crippen molar-refractivity contribution in [1.29, 1.82) is 0 Å². The van der Waals surface area contributed by atoms with E-state index in [0.29, 0.717) is 12.1 Å². The molecule has 0 spiro atoms. The van der Waals surface area contributed by atoms with Crippen molar-refractivity contribution >= 4 is 77.8 Å². The van der Waals surface area contributed by atoms with Gasteiger partial charge in [0.2, 0.25) is 0 Å². The van der Waals surface area contributed by atoms with Crippen LogP contribution in [0.1, 0.15) is 0 Å². The predicted octanol–water partition coefficient (Wildman–Crippen LogP) is -0.713. The predicted molar refractivity (Wildman–Crippen MR) is 151 cm³/mol. The molecule has 3 rings (SSSR count). The van der Waals surface area contributed by atoms with E-state index < -0.39 is 95.8 Å². The Morgan fingerprint density at radius 1 is 0.356 bits per heavy atom. The minimum absolute atomic E-state index is 0.210. The van der Waals surface area contributed by atoms with E-state index in [-0.39, 0.29) is 11.4 Å². The Labute approximate surface area is 255 Å². The maximum absolute atomic E-state index is 10.7. The number of rotatable bonds is 6. The van der Waals surface area contributed by atoms with Gasteiger partial charge in [-0.25, -0.2) is 0 Å². The van der Waals surface area contributed by atoms with Crippen molar-refractivity contribution in [3.05, 3.63) is 54.6 Å². The summed E-state index contributed by atoms with van der Waals surface area (Å²) in [6.45, 7) is 0. The fraction of sp³-hybridized carbons (Fsp3) is 0. The Morgan fingerprint density at radius 2 is 0.711 bits per heavy atom. The maximum Gasteiger partial charge on any atom is 0.296 e. The van der Waals surface area contributed by atoms with E-state index in [0.717, 1.165) is 42.5 Å². The Kier molecular flexibility index (Phi) is 11.8. The second-order valence-electron chi connectivity index (χ2n) is 7.99. The lowest BCUT2D eigenvalue weighted by molar-refractivity contribution is 0.476. The van der Waals surface area contributed by atoms with Crippen molar-refractivity contribution < 1.29 is 77.8 Å². The van der Waals surface area contributed by atoms with E-state index in [2.05, 4.69) is 0 Å². The van der Waals surface area contributed by atoms with E-state index >= 15 is 0 Å². The van der Waals surface area contributed by atoms with E-state index in [1.165, 1.54) is 0 Å². The van der Waals surface area contributed by atoms with Crippen LogP contribution in [0.2, 0.25) is 0 Å². The average Bonchev–Trinajstić information content (AvgIpc) is 2.81. The molecule has 0 radical (unpaired) electrons. The number of nitrogens with two attached hydrogens (primary N) is 3. The van der Waals surface area contributed by atoms with Gasteiger partial charge in [0.25, 0.3) is 60.7 Å². The van der Waals surface area contributed by atoms with Gasteiger partial charge in [-0.3, -0.25) is 27.3 Å². The first-order valence-corrected chi connectivity index (χ1v) is 19.0. The van der Waals surface area contributed by atoms with E-state index in [1.807, 2.05) is 0 Å². The molecule has 3 aromatic carbocycles. The van der Waals surface area contributed by atoms with Crippen LogP contribution in [0.15, 0.2) is 84.0 Å². The first-order chi connectivity index (χ1) is 19.8. The average molecular weight is 760 g/mol. The van der Waals surface area contributed by atoms with Crippen molar-refractivity contribution in [2.75, 3.05) is 17.2 Å². The number of anilines is 3. The Hall–Kier alpha value is -3.48. The van der Waals surface area contributed by atoms with Crippen LogP contribution in [0.25, 0.3) is 0 Å². The molecule has 45 heavy (non-hydrogen) atoms. The minimum Gasteiger partial charge on any atom is -0.399 e. The van der Waals surface area contributed by atoms with Gasteiger partial charge in [-0.15, -0.1) is 0 Å². The van der Waals surface area contributed by atoms with Crippen LogP contribution in [-0.4, -0.2) is 77.8 Å². The van der Waals surface area contributed by atoms with Crippen LogP contribution in [0, 0.1) is 0 Å². The molecule has 12 N–H and O–H groups in total. The highest BCUT2D eigenvalue weighted by Crippen LogP contribution is 2.23. The van der Waals surface area contributed by atoms with Crippen LogP contribution < -0.4 is 17.2 Å². The van der Waals surface area contributed by atoms with Crippen molar-refractivity contribution in [2.24, 2.45) is 0 Å². The first kappa shape index (κ1) is 39.5. The number of benzene rings is 3. The van der Waals surface area contributed by atoms with E-state index in [1.54, 1.807) is 0 Å². The summed E-state index contributed by atoms with van der Waals surface area (Å²) in [5.74, 6) is 0. The van der Waals surface area contributed by atoms with Crippen LogP contribution in [0.3, 0.4) is 0 Å². The van der Waals surface area contributed by atoms with Gasteiger partial charge in [-0.2, -0.15) is 50.5 Å². The molecule has 0 amide bonds. The molecule has 0 aliphatic heterocycles. The normalized spacial score (nSPS) is 12.7. The second kappa shape index (κ2) is 13.5. The van der Waals surface area contributed by atoms with Crippen molar-refractivity contribution in [2.45, 2.75) is 29.4 Å². The zero-order valence-corrected chi connectivity index (χ0v) is 26.4. The Morgan fingerprint density at radius 3 is 1.04 bits per heavy atom. The SMILES string of the molecule is Nc1cc(S(=O)(=O)O)cc(S(=O)(=O)O)c1.Nc1cc(S(=O)(=O)O)ccc1S(=O)(=O)O.Nc1ccc(S(=O)(=O)O)cc1S(=O)(=O)O. The molecule has 0 atom stereocenters. The monoisotopic (exact) mass is 759 g/mol. The lowest BCUT2D eigenvalue weighted by Gasteiger charge is -2.03. The highest BCUT2D eigenvalue weighted by atomic mass is 32.2. The van der Waals surface area contributed by atoms with Gasteiger partial charge in [0, 0.05) is 5.69 Å². The van der Waals surface area contributed by atoms with Crippen molar-refractivity contribution in [3.63, 3.8) is 0 Å². The molecule has 0 fully saturated rings. The van der Waals surface area contributed by atoms with Gasteiger partial charge < -0.3 is 17.2 Å². The van der Waals surface area contributed by atoms with Gasteiger partial charge in [0.1, 0.15) is 9.79 Å². The fourth-order valence-corrected chi connectivity index (χ4v) is 6.24. The summed E-state index contributed by atoms with van der Waals surface area (Å²) in [5.41, 5.74) is 14.6. The lowest BCUT2D eigenvalue weighted by atomic mass is 10.3. The molecule has 0 heterocycles. The summed E-state index contributed by atoms with van der Waals surface area (Å²) >= 11 is 0. The summed E-state index contributed by atoms with van der Waals surface area (Å²) in [6, 6.07) is 7.10. The third-order valence-corrected chi connectivity index (χ3v) is 9.82. The Bertz CT molecular complexity index is 2230. The van der Waals surface area contributed by atoms with Crippen molar-refractivity contribution in [3.8, 4) is 0 Å². The standard InChI is InChI=1S/3C6H7NO6S2/c7-4-1-5(14(8,9)10)3-6(2-4)15(11,12)13;7-5-3-4(14(8,9)10)1-2-6(5)15(11,12)13;7-5-2-1-4(14(8,9)10)3-6(5)15(11,12)13/h3*1-3H,7H2,(H,8,9,10)(H,11,12,13). The molecular formula is C18H21N3O18S6. The number of hydrogen-bond acceptors (Lipinski definition) is 15. The molecule has 0 aliphatic rings. The minimum atomic E-state index is -4.62. The molecule has 21 nitrogen and oxygen atoms in total. The zero-order chi connectivity index (χ0) is 35.6. The van der Waals surface area contributed by atoms with Gasteiger partial charge >= 0.3 is 0 Å². The molecule has 0 saturated carbocycles. The summed E-state index contributed by atoms with van der Waals surface area (Å²) in [6.07, 6.45) is 0. The molecule has 3 aromatic rings. The van der Waals surface area contributed by atoms with Gasteiger partial charge in [0.15, 0.2) is 0 Å². The molecule has 0 aliphatic carbocycles. The maximum atomic E-state index is 10.7. The lowest BCUT2D eigenvalue weighted by Crippen LogP contribution is -2.06. The summed E-state index contributed by atoms with van der Waals surface area (Å²) in [4.78, 5) is -3.99. The third kappa shape index (κ3) is 12.1. The molecule has 27 heteroatoms. The topological polar surface area (TPSA) is 404 Å². The van der Waals surface area contributed by atoms with Gasteiger partial charge in [0.05, 0.1) is 31.0 Å². The summed E-state index contributed by atoms with van der Waals surface area (Å²) in [7, 11) is -27.2. The summed E-state index contributed by atoms with van der Waals surface area (Å²) < 4.78 is 180. The van der Waals surface area contributed by atoms with Crippen LogP contribution >= 0.6 is 0 Å². The molecule has 0 aromatic heterocycles. The van der Waals surface area contributed by atoms with Crippen LogP contribution in [0.4, 0.5) is 17.1 Å². The van der Waals surface area contributed by atoms with Gasteiger partial charge in [-0.05, 0) is 54.6 Å². The van der Waals surface area contributed by atoms with E-state index in [9.17, 15) is 50.5 Å². The molecule has 0 saturated heterocycles. The Balaban J connectivity index is 0.000000337. The largest absolute Gasteiger partial charge is 0.399 e. The molecular weight excluding hydrogens is 739 g/mol. The molecule has 252 valence electrons. The van der Waals surface area contributed by atoms with Crippen LogP contribution in [-0.2, 0) is 60.7 Å². The smallest absolute Gasteiger partial charge is 0.296 e. The zero-order valence-electron chi connectivity index (χ0n) is 21.5. The number of hydrogen-bond donors (Lipinski definition) is 9. The van der Waals surface area contributed by atoms with Crippen LogP contribution in [0.5, 0.6) is 0 Å². The molecule has 0 unspecified atom stereocenters. The fourth-order valence-electron chi connectivity index (χ4n) is 2.71. The highest BCUT2D eigenvalue weighted by molar-refractivity contribution is 7.87. The summed E-state index contributed by atoms with van der Waals surface area (Å²) in [5, 5.41) is 0. The highest BCUT2D eigenvalue weighted by Gasteiger charge is 2.20. The second-order valence-corrected chi connectivity index (χ2v) is 16.5. The van der Waals surface area contributed by atoms with Gasteiger partial charge in [-0.1, -0.05) is 0 Å². The quantitative estimate of drug-likeness (QED) is 0.111. The number of nitrogen functional groups attached to an aromatic ring is 3. The van der Waals surface area contributed by atoms with Crippen molar-refractivity contribution in [1.82, 2.24) is 0 Å². The first-order valence-electron chi connectivity index (χ1n) is 10.4. The van der Waals surface area contributed by atoms with E-state index in [4.69, 9.17) is 44.5 Å².